The van der Waals surface area contributed by atoms with Crippen LogP contribution in [0.25, 0.3) is 33.3 Å². The molecule has 1 aliphatic rings. The first-order valence-electron chi connectivity index (χ1n) is 10.4. The molecule has 34 heavy (non-hydrogen) atoms. The van der Waals surface area contributed by atoms with Crippen LogP contribution < -0.4 is 5.14 Å². The van der Waals surface area contributed by atoms with Gasteiger partial charge in [0.1, 0.15) is 12.0 Å². The van der Waals surface area contributed by atoms with Crippen molar-refractivity contribution in [3.63, 3.8) is 0 Å². The van der Waals surface area contributed by atoms with Crippen LogP contribution in [-0.4, -0.2) is 45.8 Å². The zero-order chi connectivity index (χ0) is 24.3. The second-order valence-electron chi connectivity index (χ2n) is 8.40. The summed E-state index contributed by atoms with van der Waals surface area (Å²) in [5.74, 6) is -0.418. The summed E-state index contributed by atoms with van der Waals surface area (Å²) >= 11 is 0. The average Bonchev–Trinajstić information content (AvgIpc) is 3.46. The number of aliphatic hydroxyl groups excluding tert-OH is 1. The number of nitrogens with zero attached hydrogens (tertiary/aromatic N) is 3. The van der Waals surface area contributed by atoms with Gasteiger partial charge in [-0.15, -0.1) is 0 Å². The minimum Gasteiger partial charge on any atom is -0.393 e. The standard InChI is InChI=1S/C21H20F3N5O4S/c22-21(23,24)13-2-1-11-6-17(28-16(11)7-13)19-15-3-4-29(20(15)27-10-26-19)14-5-12(18(30)8-14)9-33-34(25,31)32/h1-4,6-7,10,12,14,18,28,30H,5,8-9H2,(H2,25,31,32). The molecule has 0 amide bonds. The second-order valence-corrected chi connectivity index (χ2v) is 9.62. The molecule has 180 valence electrons. The van der Waals surface area contributed by atoms with E-state index in [1.54, 1.807) is 18.3 Å². The molecular formula is C21H20F3N5O4S. The van der Waals surface area contributed by atoms with Crippen LogP contribution in [0.4, 0.5) is 13.2 Å². The molecule has 1 aliphatic carbocycles. The van der Waals surface area contributed by atoms with Gasteiger partial charge in [-0.25, -0.2) is 15.1 Å². The van der Waals surface area contributed by atoms with E-state index in [0.717, 1.165) is 12.1 Å². The van der Waals surface area contributed by atoms with Crippen LogP contribution >= 0.6 is 0 Å². The smallest absolute Gasteiger partial charge is 0.393 e. The van der Waals surface area contributed by atoms with E-state index >= 15 is 0 Å². The Labute approximate surface area is 191 Å². The van der Waals surface area contributed by atoms with Crippen LogP contribution in [0.2, 0.25) is 0 Å². The molecule has 1 fully saturated rings. The van der Waals surface area contributed by atoms with Gasteiger partial charge in [0.15, 0.2) is 0 Å². The Hall–Kier alpha value is -3.00. The fourth-order valence-corrected chi connectivity index (χ4v) is 4.94. The maximum Gasteiger partial charge on any atom is 0.416 e. The van der Waals surface area contributed by atoms with Crippen LogP contribution in [0.1, 0.15) is 24.4 Å². The van der Waals surface area contributed by atoms with Crippen LogP contribution in [0.5, 0.6) is 0 Å². The Morgan fingerprint density at radius 2 is 2.00 bits per heavy atom. The Morgan fingerprint density at radius 3 is 2.74 bits per heavy atom. The van der Waals surface area contributed by atoms with Gasteiger partial charge in [-0.3, -0.25) is 4.18 Å². The van der Waals surface area contributed by atoms with E-state index in [0.29, 0.717) is 46.2 Å². The Balaban J connectivity index is 1.46. The van der Waals surface area contributed by atoms with E-state index in [2.05, 4.69) is 19.1 Å². The summed E-state index contributed by atoms with van der Waals surface area (Å²) in [7, 11) is -4.10. The number of aromatic amines is 1. The number of hydrogen-bond donors (Lipinski definition) is 3. The highest BCUT2D eigenvalue weighted by atomic mass is 32.2. The number of hydrogen-bond acceptors (Lipinski definition) is 6. The minimum atomic E-state index is -4.44. The molecule has 3 heterocycles. The summed E-state index contributed by atoms with van der Waals surface area (Å²) < 4.78 is 67.9. The van der Waals surface area contributed by atoms with Crippen LogP contribution in [-0.2, 0) is 20.7 Å². The number of aliphatic hydroxyl groups is 1. The van der Waals surface area contributed by atoms with Gasteiger partial charge in [0, 0.05) is 34.4 Å². The number of rotatable bonds is 5. The van der Waals surface area contributed by atoms with Gasteiger partial charge in [-0.1, -0.05) is 6.07 Å². The summed E-state index contributed by atoms with van der Waals surface area (Å²) in [5.41, 5.74) is 1.26. The van der Waals surface area contributed by atoms with Crippen molar-refractivity contribution in [3.8, 4) is 11.4 Å². The van der Waals surface area contributed by atoms with E-state index in [9.17, 15) is 26.7 Å². The molecule has 0 aliphatic heterocycles. The lowest BCUT2D eigenvalue weighted by Crippen LogP contribution is -2.24. The molecule has 0 bridgehead atoms. The first kappa shape index (κ1) is 22.8. The van der Waals surface area contributed by atoms with Crippen molar-refractivity contribution >= 4 is 32.2 Å². The van der Waals surface area contributed by atoms with E-state index in [1.165, 1.54) is 12.4 Å². The van der Waals surface area contributed by atoms with Crippen molar-refractivity contribution in [2.24, 2.45) is 11.1 Å². The largest absolute Gasteiger partial charge is 0.416 e. The van der Waals surface area contributed by atoms with Crippen molar-refractivity contribution in [1.29, 1.82) is 0 Å². The maximum absolute atomic E-state index is 13.1. The third-order valence-electron chi connectivity index (χ3n) is 6.19. The zero-order valence-electron chi connectivity index (χ0n) is 17.5. The topological polar surface area (TPSA) is 136 Å². The molecule has 3 aromatic heterocycles. The number of aromatic nitrogens is 4. The van der Waals surface area contributed by atoms with Crippen molar-refractivity contribution in [3.05, 3.63) is 48.4 Å². The summed E-state index contributed by atoms with van der Waals surface area (Å²) in [6, 6.07) is 6.87. The van der Waals surface area contributed by atoms with Crippen LogP contribution in [0, 0.1) is 5.92 Å². The predicted molar refractivity (Wildman–Crippen MR) is 117 cm³/mol. The highest BCUT2D eigenvalue weighted by molar-refractivity contribution is 7.84. The molecular weight excluding hydrogens is 475 g/mol. The highest BCUT2D eigenvalue weighted by Crippen LogP contribution is 2.39. The second kappa shape index (κ2) is 8.05. The van der Waals surface area contributed by atoms with Gasteiger partial charge in [-0.05, 0) is 37.1 Å². The van der Waals surface area contributed by atoms with Gasteiger partial charge in [0.05, 0.1) is 29.7 Å². The van der Waals surface area contributed by atoms with Gasteiger partial charge >= 0.3 is 16.5 Å². The summed E-state index contributed by atoms with van der Waals surface area (Å²) in [6.07, 6.45) is -1.23. The number of benzene rings is 1. The van der Waals surface area contributed by atoms with Gasteiger partial charge in [-0.2, -0.15) is 21.6 Å². The summed E-state index contributed by atoms with van der Waals surface area (Å²) in [6.45, 7) is -0.217. The molecule has 9 nitrogen and oxygen atoms in total. The number of alkyl halides is 3. The average molecular weight is 495 g/mol. The van der Waals surface area contributed by atoms with E-state index in [1.807, 2.05) is 4.57 Å². The molecule has 13 heteroatoms. The molecule has 4 N–H and O–H groups in total. The highest BCUT2D eigenvalue weighted by Gasteiger charge is 2.35. The number of fused-ring (bicyclic) bond motifs is 2. The minimum absolute atomic E-state index is 0.165. The lowest BCUT2D eigenvalue weighted by Gasteiger charge is -2.14. The first-order valence-corrected chi connectivity index (χ1v) is 11.8. The zero-order valence-corrected chi connectivity index (χ0v) is 18.3. The van der Waals surface area contributed by atoms with E-state index in [4.69, 9.17) is 5.14 Å². The van der Waals surface area contributed by atoms with E-state index in [-0.39, 0.29) is 12.6 Å². The maximum atomic E-state index is 13.1. The molecule has 3 unspecified atom stereocenters. The predicted octanol–water partition coefficient (Wildman–Crippen LogP) is 3.13. The molecule has 3 atom stereocenters. The summed E-state index contributed by atoms with van der Waals surface area (Å²) in [5, 5.41) is 16.6. The van der Waals surface area contributed by atoms with Crippen LogP contribution in [0.15, 0.2) is 42.9 Å². The Morgan fingerprint density at radius 1 is 1.21 bits per heavy atom. The Bertz CT molecular complexity index is 1480. The monoisotopic (exact) mass is 495 g/mol. The molecule has 4 aromatic rings. The Kier molecular flexibility index (Phi) is 5.39. The fourth-order valence-electron chi connectivity index (χ4n) is 4.57. The number of nitrogens with two attached hydrogens (primary N) is 1. The molecule has 0 spiro atoms. The third kappa shape index (κ3) is 4.27. The van der Waals surface area contributed by atoms with Gasteiger partial charge < -0.3 is 14.7 Å². The SMILES string of the molecule is NS(=O)(=O)OCC1CC(n2ccc3c(-c4cc5ccc(C(F)(F)F)cc5[nH]4)ncnc32)CC1O. The van der Waals surface area contributed by atoms with Crippen molar-refractivity contribution < 1.29 is 30.9 Å². The van der Waals surface area contributed by atoms with Crippen molar-refractivity contribution in [2.45, 2.75) is 31.2 Å². The number of halogens is 3. The van der Waals surface area contributed by atoms with Gasteiger partial charge in [0.25, 0.3) is 0 Å². The molecule has 1 saturated carbocycles. The van der Waals surface area contributed by atoms with Gasteiger partial charge in [0.2, 0.25) is 0 Å². The normalized spacial score (nSPS) is 21.6. The first-order chi connectivity index (χ1) is 16.0. The molecule has 5 rings (SSSR count). The van der Waals surface area contributed by atoms with E-state index < -0.39 is 34.1 Å². The molecule has 1 aromatic carbocycles. The number of H-pyrrole nitrogens is 1. The number of nitrogens with one attached hydrogen (secondary N) is 1. The molecule has 0 radical (unpaired) electrons. The van der Waals surface area contributed by atoms with Crippen LogP contribution in [0.3, 0.4) is 0 Å². The lowest BCUT2D eigenvalue weighted by atomic mass is 10.1. The summed E-state index contributed by atoms with van der Waals surface area (Å²) in [4.78, 5) is 11.7. The van der Waals surface area contributed by atoms with Crippen molar-refractivity contribution in [1.82, 2.24) is 19.5 Å². The molecule has 0 saturated heterocycles. The van der Waals surface area contributed by atoms with Crippen molar-refractivity contribution in [2.75, 3.05) is 6.61 Å². The fraction of sp³-hybridized carbons (Fsp3) is 0.333. The lowest BCUT2D eigenvalue weighted by molar-refractivity contribution is -0.137. The third-order valence-corrected chi connectivity index (χ3v) is 6.65. The quantitative estimate of drug-likeness (QED) is 0.389.